The van der Waals surface area contributed by atoms with Crippen LogP contribution >= 0.6 is 0 Å². The van der Waals surface area contributed by atoms with Gasteiger partial charge in [0.2, 0.25) is 0 Å². The van der Waals surface area contributed by atoms with Crippen LogP contribution in [-0.4, -0.2) is 31.7 Å². The van der Waals surface area contributed by atoms with Gasteiger partial charge in [-0.05, 0) is 24.3 Å². The third-order valence-electron chi connectivity index (χ3n) is 2.99. The molecule has 0 saturated heterocycles. The van der Waals surface area contributed by atoms with E-state index < -0.39 is 0 Å². The number of pyridine rings is 1. The molecule has 0 aliphatic heterocycles. The first-order valence-electron chi connectivity index (χ1n) is 6.44. The molecule has 0 unspecified atom stereocenters. The number of anilines is 1. The molecule has 2 aromatic heterocycles. The number of aromatic nitrogens is 4. The number of benzene rings is 1. The van der Waals surface area contributed by atoms with Crippen LogP contribution in [0.15, 0.2) is 42.7 Å². The van der Waals surface area contributed by atoms with E-state index in [1.807, 2.05) is 30.5 Å². The largest absolute Gasteiger partial charge is 0.394 e. The van der Waals surface area contributed by atoms with E-state index in [1.165, 1.54) is 0 Å². The Kier molecular flexibility index (Phi) is 3.56. The molecule has 20 heavy (non-hydrogen) atoms. The molecule has 2 heterocycles. The second-order valence-corrected chi connectivity index (χ2v) is 4.46. The Balaban J connectivity index is 1.69. The van der Waals surface area contributed by atoms with Crippen molar-refractivity contribution in [3.8, 4) is 0 Å². The second-order valence-electron chi connectivity index (χ2n) is 4.46. The molecule has 3 aromatic rings. The van der Waals surface area contributed by atoms with Crippen molar-refractivity contribution in [2.24, 2.45) is 0 Å². The molecule has 3 rings (SSSR count). The number of hydrogen-bond donors (Lipinski definition) is 2. The van der Waals surface area contributed by atoms with Gasteiger partial charge < -0.3 is 10.4 Å². The first-order valence-corrected chi connectivity index (χ1v) is 6.44. The molecule has 1 aromatic carbocycles. The Labute approximate surface area is 116 Å². The van der Waals surface area contributed by atoms with Crippen molar-refractivity contribution >= 4 is 16.6 Å². The number of aliphatic hydroxyl groups excluding tert-OH is 1. The normalized spacial score (nSPS) is 10.8. The Morgan fingerprint density at radius 3 is 3.10 bits per heavy atom. The summed E-state index contributed by atoms with van der Waals surface area (Å²) >= 11 is 0. The summed E-state index contributed by atoms with van der Waals surface area (Å²) in [5, 5.41) is 21.2. The maximum atomic E-state index is 8.83. The van der Waals surface area contributed by atoms with Crippen LogP contribution in [-0.2, 0) is 13.1 Å². The number of fused-ring (bicyclic) bond motifs is 1. The summed E-state index contributed by atoms with van der Waals surface area (Å²) in [5.74, 6) is 0. The minimum absolute atomic E-state index is 0.0634. The highest BCUT2D eigenvalue weighted by Crippen LogP contribution is 2.17. The fraction of sp³-hybridized carbons (Fsp3) is 0.214. The number of nitrogens with one attached hydrogen (secondary N) is 1. The summed E-state index contributed by atoms with van der Waals surface area (Å²) < 4.78 is 1.63. The summed E-state index contributed by atoms with van der Waals surface area (Å²) in [6.07, 6.45) is 3.61. The summed E-state index contributed by atoms with van der Waals surface area (Å²) in [6.45, 7) is 1.12. The van der Waals surface area contributed by atoms with Crippen molar-refractivity contribution in [1.29, 1.82) is 0 Å². The van der Waals surface area contributed by atoms with E-state index in [0.717, 1.165) is 22.3 Å². The van der Waals surface area contributed by atoms with E-state index in [1.54, 1.807) is 10.9 Å². The third-order valence-corrected chi connectivity index (χ3v) is 2.99. The number of aliphatic hydroxyl groups is 1. The van der Waals surface area contributed by atoms with Crippen molar-refractivity contribution in [3.63, 3.8) is 0 Å². The standard InChI is InChI=1S/C14H15N5O/c20-7-6-19-10-13(17-18-19)9-16-12-3-4-14-11(8-12)2-1-5-15-14/h1-5,8,10,16,20H,6-7,9H2. The number of nitrogens with zero attached hydrogens (tertiary/aromatic N) is 4. The lowest BCUT2D eigenvalue weighted by molar-refractivity contribution is 0.268. The van der Waals surface area contributed by atoms with Gasteiger partial charge in [0.1, 0.15) is 5.69 Å². The molecule has 6 nitrogen and oxygen atoms in total. The van der Waals surface area contributed by atoms with Crippen LogP contribution in [0.4, 0.5) is 5.69 Å². The van der Waals surface area contributed by atoms with Crippen molar-refractivity contribution in [2.45, 2.75) is 13.1 Å². The lowest BCUT2D eigenvalue weighted by atomic mass is 10.2. The lowest BCUT2D eigenvalue weighted by Crippen LogP contribution is -2.02. The van der Waals surface area contributed by atoms with Gasteiger partial charge in [0.25, 0.3) is 0 Å². The first kappa shape index (κ1) is 12.6. The maximum absolute atomic E-state index is 8.83. The molecule has 0 spiro atoms. The lowest BCUT2D eigenvalue weighted by Gasteiger charge is -2.05. The van der Waals surface area contributed by atoms with Gasteiger partial charge in [-0.1, -0.05) is 11.3 Å². The highest BCUT2D eigenvalue weighted by Gasteiger charge is 2.01. The predicted molar refractivity (Wildman–Crippen MR) is 76.2 cm³/mol. The molecule has 0 atom stereocenters. The zero-order valence-electron chi connectivity index (χ0n) is 10.9. The topological polar surface area (TPSA) is 75.9 Å². The van der Waals surface area contributed by atoms with Crippen LogP contribution in [0.5, 0.6) is 0 Å². The Morgan fingerprint density at radius 2 is 2.20 bits per heavy atom. The quantitative estimate of drug-likeness (QED) is 0.733. The van der Waals surface area contributed by atoms with Crippen molar-refractivity contribution in [1.82, 2.24) is 20.0 Å². The maximum Gasteiger partial charge on any atom is 0.102 e. The van der Waals surface area contributed by atoms with Crippen LogP contribution < -0.4 is 5.32 Å². The van der Waals surface area contributed by atoms with Crippen LogP contribution in [0, 0.1) is 0 Å². The third kappa shape index (κ3) is 2.75. The minimum Gasteiger partial charge on any atom is -0.394 e. The SMILES string of the molecule is OCCn1cc(CNc2ccc3ncccc3c2)nn1. The van der Waals surface area contributed by atoms with Gasteiger partial charge in [0.15, 0.2) is 0 Å². The average molecular weight is 269 g/mol. The highest BCUT2D eigenvalue weighted by molar-refractivity contribution is 5.82. The van der Waals surface area contributed by atoms with Crippen LogP contribution in [0.2, 0.25) is 0 Å². The van der Waals surface area contributed by atoms with Crippen molar-refractivity contribution in [3.05, 3.63) is 48.4 Å². The molecule has 102 valence electrons. The molecule has 6 heteroatoms. The van der Waals surface area contributed by atoms with Crippen LogP contribution in [0.25, 0.3) is 10.9 Å². The fourth-order valence-corrected chi connectivity index (χ4v) is 2.01. The van der Waals surface area contributed by atoms with Gasteiger partial charge in [0, 0.05) is 17.3 Å². The van der Waals surface area contributed by atoms with E-state index in [4.69, 9.17) is 5.11 Å². The summed E-state index contributed by atoms with van der Waals surface area (Å²) in [5.41, 5.74) is 2.83. The summed E-state index contributed by atoms with van der Waals surface area (Å²) in [7, 11) is 0. The smallest absolute Gasteiger partial charge is 0.102 e. The van der Waals surface area contributed by atoms with Crippen LogP contribution in [0.3, 0.4) is 0 Å². The highest BCUT2D eigenvalue weighted by atomic mass is 16.3. The minimum atomic E-state index is 0.0634. The van der Waals surface area contributed by atoms with E-state index in [2.05, 4.69) is 26.7 Å². The molecule has 0 bridgehead atoms. The fourth-order valence-electron chi connectivity index (χ4n) is 2.01. The summed E-state index contributed by atoms with van der Waals surface area (Å²) in [6, 6.07) is 9.99. The van der Waals surface area contributed by atoms with Gasteiger partial charge in [0.05, 0.1) is 31.4 Å². The van der Waals surface area contributed by atoms with Crippen LogP contribution in [0.1, 0.15) is 5.69 Å². The van der Waals surface area contributed by atoms with Gasteiger partial charge in [-0.3, -0.25) is 4.98 Å². The molecule has 0 fully saturated rings. The van der Waals surface area contributed by atoms with E-state index in [0.29, 0.717) is 13.1 Å². The average Bonchev–Trinajstić information content (AvgIpc) is 2.93. The first-order chi connectivity index (χ1) is 9.85. The van der Waals surface area contributed by atoms with Crippen molar-refractivity contribution in [2.75, 3.05) is 11.9 Å². The molecule has 0 saturated carbocycles. The number of hydrogen-bond acceptors (Lipinski definition) is 5. The van der Waals surface area contributed by atoms with E-state index in [9.17, 15) is 0 Å². The molecular formula is C14H15N5O. The number of rotatable bonds is 5. The molecule has 0 radical (unpaired) electrons. The van der Waals surface area contributed by atoms with Gasteiger partial charge in [-0.15, -0.1) is 5.10 Å². The van der Waals surface area contributed by atoms with E-state index >= 15 is 0 Å². The Bertz CT molecular complexity index is 709. The van der Waals surface area contributed by atoms with Gasteiger partial charge in [-0.25, -0.2) is 4.68 Å². The second kappa shape index (κ2) is 5.66. The molecule has 0 aliphatic carbocycles. The van der Waals surface area contributed by atoms with Gasteiger partial charge >= 0.3 is 0 Å². The van der Waals surface area contributed by atoms with Crippen molar-refractivity contribution < 1.29 is 5.11 Å². The molecule has 2 N–H and O–H groups in total. The Hall–Kier alpha value is -2.47. The Morgan fingerprint density at radius 1 is 1.25 bits per heavy atom. The predicted octanol–water partition coefficient (Wildman–Crippen LogP) is 1.43. The molecule has 0 aliphatic rings. The molecular weight excluding hydrogens is 254 g/mol. The summed E-state index contributed by atoms with van der Waals surface area (Å²) in [4.78, 5) is 4.29. The zero-order chi connectivity index (χ0) is 13.8. The zero-order valence-corrected chi connectivity index (χ0v) is 10.9. The van der Waals surface area contributed by atoms with Gasteiger partial charge in [-0.2, -0.15) is 0 Å². The monoisotopic (exact) mass is 269 g/mol. The molecule has 0 amide bonds. The van der Waals surface area contributed by atoms with E-state index in [-0.39, 0.29) is 6.61 Å².